The third-order valence-electron chi connectivity index (χ3n) is 3.36. The molecule has 0 aromatic carbocycles. The number of rotatable bonds is 1. The number of pyridine rings is 1. The number of alkyl halides is 1. The molecule has 1 aliphatic rings. The van der Waals surface area contributed by atoms with Crippen molar-refractivity contribution < 1.29 is 0 Å². The van der Waals surface area contributed by atoms with Crippen LogP contribution in [-0.2, 0) is 5.41 Å². The van der Waals surface area contributed by atoms with E-state index >= 15 is 0 Å². The van der Waals surface area contributed by atoms with E-state index in [1.54, 1.807) is 0 Å². The largest absolute Gasteiger partial charge is 0.357 e. The summed E-state index contributed by atoms with van der Waals surface area (Å²) in [5, 5.41) is 0.347. The van der Waals surface area contributed by atoms with Gasteiger partial charge in [0.05, 0.1) is 0 Å². The second-order valence-electron chi connectivity index (χ2n) is 5.82. The predicted octanol–water partition coefficient (Wildman–Crippen LogP) is 3.59. The molecule has 0 aliphatic carbocycles. The van der Waals surface area contributed by atoms with Crippen LogP contribution in [0.3, 0.4) is 0 Å². The lowest BCUT2D eigenvalue weighted by molar-refractivity contribution is 0.574. The van der Waals surface area contributed by atoms with Crippen molar-refractivity contribution in [3.05, 3.63) is 23.9 Å². The highest BCUT2D eigenvalue weighted by atomic mass is 35.5. The van der Waals surface area contributed by atoms with Gasteiger partial charge in [-0.15, -0.1) is 11.6 Å². The van der Waals surface area contributed by atoms with E-state index in [4.69, 9.17) is 11.6 Å². The summed E-state index contributed by atoms with van der Waals surface area (Å²) in [6.07, 6.45) is 4.12. The molecule has 1 aliphatic heterocycles. The van der Waals surface area contributed by atoms with Crippen LogP contribution < -0.4 is 4.90 Å². The minimum atomic E-state index is 0.175. The smallest absolute Gasteiger partial charge is 0.128 e. The molecule has 0 radical (unpaired) electrons. The second-order valence-corrected chi connectivity index (χ2v) is 6.43. The van der Waals surface area contributed by atoms with Crippen LogP contribution in [0.25, 0.3) is 0 Å². The fraction of sp³-hybridized carbons (Fsp3) is 0.643. The number of anilines is 1. The third-order valence-corrected chi connectivity index (χ3v) is 3.80. The quantitative estimate of drug-likeness (QED) is 0.710. The van der Waals surface area contributed by atoms with Crippen LogP contribution in [0.1, 0.15) is 39.2 Å². The van der Waals surface area contributed by atoms with E-state index < -0.39 is 0 Å². The Hall–Kier alpha value is -0.760. The van der Waals surface area contributed by atoms with E-state index in [0.717, 1.165) is 31.7 Å². The summed E-state index contributed by atoms with van der Waals surface area (Å²) in [5.41, 5.74) is 1.46. The highest BCUT2D eigenvalue weighted by Gasteiger charge is 2.19. The minimum absolute atomic E-state index is 0.175. The van der Waals surface area contributed by atoms with Crippen molar-refractivity contribution in [2.24, 2.45) is 0 Å². The molecule has 1 saturated heterocycles. The number of aromatic nitrogens is 1. The van der Waals surface area contributed by atoms with Crippen LogP contribution in [0.15, 0.2) is 18.3 Å². The van der Waals surface area contributed by atoms with Gasteiger partial charge in [-0.25, -0.2) is 4.98 Å². The third kappa shape index (κ3) is 3.12. The molecule has 2 rings (SSSR count). The van der Waals surface area contributed by atoms with Gasteiger partial charge < -0.3 is 4.90 Å². The Morgan fingerprint density at radius 1 is 1.24 bits per heavy atom. The molecule has 2 heterocycles. The van der Waals surface area contributed by atoms with Crippen molar-refractivity contribution in [2.75, 3.05) is 18.0 Å². The highest BCUT2D eigenvalue weighted by Crippen LogP contribution is 2.25. The molecular formula is C14H21ClN2. The lowest BCUT2D eigenvalue weighted by Gasteiger charge is -2.30. The van der Waals surface area contributed by atoms with Gasteiger partial charge in [-0.2, -0.15) is 0 Å². The van der Waals surface area contributed by atoms with Crippen molar-refractivity contribution in [3.63, 3.8) is 0 Å². The van der Waals surface area contributed by atoms with E-state index in [9.17, 15) is 0 Å². The van der Waals surface area contributed by atoms with Crippen molar-refractivity contribution >= 4 is 17.4 Å². The summed E-state index contributed by atoms with van der Waals surface area (Å²) in [6.45, 7) is 8.68. The number of nitrogens with zero attached hydrogens (tertiary/aromatic N) is 2. The first-order chi connectivity index (χ1) is 7.97. The van der Waals surface area contributed by atoms with Crippen molar-refractivity contribution in [2.45, 2.75) is 44.4 Å². The summed E-state index contributed by atoms with van der Waals surface area (Å²) in [7, 11) is 0. The number of halogens is 1. The summed E-state index contributed by atoms with van der Waals surface area (Å²) in [4.78, 5) is 6.90. The summed E-state index contributed by atoms with van der Waals surface area (Å²) >= 11 is 6.11. The number of piperidine rings is 1. The van der Waals surface area contributed by atoms with E-state index in [1.165, 1.54) is 5.56 Å². The zero-order chi connectivity index (χ0) is 12.5. The monoisotopic (exact) mass is 252 g/mol. The minimum Gasteiger partial charge on any atom is -0.357 e. The molecular weight excluding hydrogens is 232 g/mol. The van der Waals surface area contributed by atoms with Gasteiger partial charge in [0.1, 0.15) is 5.82 Å². The normalized spacial score (nSPS) is 18.5. The Bertz CT molecular complexity index is 359. The first kappa shape index (κ1) is 12.7. The van der Waals surface area contributed by atoms with Crippen LogP contribution in [0.4, 0.5) is 5.82 Å². The Kier molecular flexibility index (Phi) is 3.62. The molecule has 3 heteroatoms. The Labute approximate surface area is 109 Å². The lowest BCUT2D eigenvalue weighted by Crippen LogP contribution is -2.34. The van der Waals surface area contributed by atoms with E-state index in [-0.39, 0.29) is 5.41 Å². The van der Waals surface area contributed by atoms with Crippen LogP contribution in [0, 0.1) is 0 Å². The Morgan fingerprint density at radius 3 is 2.35 bits per heavy atom. The van der Waals surface area contributed by atoms with Gasteiger partial charge in [-0.1, -0.05) is 26.8 Å². The molecule has 2 nitrogen and oxygen atoms in total. The average Bonchev–Trinajstić information content (AvgIpc) is 2.29. The molecule has 1 fully saturated rings. The summed E-state index contributed by atoms with van der Waals surface area (Å²) < 4.78 is 0. The molecule has 0 amide bonds. The first-order valence-electron chi connectivity index (χ1n) is 6.32. The van der Waals surface area contributed by atoms with Gasteiger partial charge in [0.15, 0.2) is 0 Å². The molecule has 0 unspecified atom stereocenters. The number of hydrogen-bond acceptors (Lipinski definition) is 2. The second kappa shape index (κ2) is 4.85. The summed E-state index contributed by atoms with van der Waals surface area (Å²) in [6, 6.07) is 4.32. The van der Waals surface area contributed by atoms with Crippen LogP contribution >= 0.6 is 11.6 Å². The molecule has 0 N–H and O–H groups in total. The Morgan fingerprint density at radius 2 is 1.88 bits per heavy atom. The molecule has 0 atom stereocenters. The van der Waals surface area contributed by atoms with Gasteiger partial charge in [-0.05, 0) is 29.9 Å². The van der Waals surface area contributed by atoms with Gasteiger partial charge in [0.25, 0.3) is 0 Å². The SMILES string of the molecule is CC(C)(C)c1ccc(N2CCC(Cl)CC2)nc1. The van der Waals surface area contributed by atoms with E-state index in [2.05, 4.69) is 42.8 Å². The zero-order valence-corrected chi connectivity index (χ0v) is 11.7. The Balaban J connectivity index is 2.08. The maximum absolute atomic E-state index is 6.11. The zero-order valence-electron chi connectivity index (χ0n) is 10.9. The van der Waals surface area contributed by atoms with Crippen LogP contribution in [0.5, 0.6) is 0 Å². The van der Waals surface area contributed by atoms with E-state index in [1.807, 2.05) is 6.20 Å². The molecule has 0 bridgehead atoms. The van der Waals surface area contributed by atoms with Crippen molar-refractivity contribution in [3.8, 4) is 0 Å². The van der Waals surface area contributed by atoms with Crippen molar-refractivity contribution in [1.29, 1.82) is 0 Å². The number of hydrogen-bond donors (Lipinski definition) is 0. The van der Waals surface area contributed by atoms with Gasteiger partial charge in [-0.3, -0.25) is 0 Å². The highest BCUT2D eigenvalue weighted by molar-refractivity contribution is 6.20. The van der Waals surface area contributed by atoms with E-state index in [0.29, 0.717) is 5.38 Å². The first-order valence-corrected chi connectivity index (χ1v) is 6.76. The van der Waals surface area contributed by atoms with Gasteiger partial charge >= 0.3 is 0 Å². The maximum Gasteiger partial charge on any atom is 0.128 e. The maximum atomic E-state index is 6.11. The van der Waals surface area contributed by atoms with Crippen LogP contribution in [-0.4, -0.2) is 23.5 Å². The van der Waals surface area contributed by atoms with Crippen LogP contribution in [0.2, 0.25) is 0 Å². The fourth-order valence-electron chi connectivity index (χ4n) is 2.09. The molecule has 0 spiro atoms. The standard InChI is InChI=1S/C14H21ClN2/c1-14(2,3)11-4-5-13(16-10-11)17-8-6-12(15)7-9-17/h4-5,10,12H,6-9H2,1-3H3. The molecule has 94 valence electrons. The van der Waals surface area contributed by atoms with Gasteiger partial charge in [0, 0.05) is 24.7 Å². The lowest BCUT2D eigenvalue weighted by atomic mass is 9.88. The van der Waals surface area contributed by atoms with Gasteiger partial charge in [0.2, 0.25) is 0 Å². The average molecular weight is 253 g/mol. The molecule has 1 aromatic heterocycles. The fourth-order valence-corrected chi connectivity index (χ4v) is 2.29. The van der Waals surface area contributed by atoms with Crippen molar-refractivity contribution in [1.82, 2.24) is 4.98 Å². The topological polar surface area (TPSA) is 16.1 Å². The molecule has 1 aromatic rings. The molecule has 17 heavy (non-hydrogen) atoms. The molecule has 0 saturated carbocycles. The summed E-state index contributed by atoms with van der Waals surface area (Å²) in [5.74, 6) is 1.08. The predicted molar refractivity (Wildman–Crippen MR) is 74.0 cm³/mol.